The molecular formula is C15H23NO4S. The van der Waals surface area contributed by atoms with Crippen molar-refractivity contribution in [3.63, 3.8) is 0 Å². The molecule has 2 rings (SSSR count). The van der Waals surface area contributed by atoms with Crippen molar-refractivity contribution in [3.8, 4) is 5.75 Å². The van der Waals surface area contributed by atoms with Crippen LogP contribution >= 0.6 is 0 Å². The van der Waals surface area contributed by atoms with E-state index in [9.17, 15) is 13.5 Å². The minimum Gasteiger partial charge on any atom is -0.494 e. The number of hydrogen-bond donors (Lipinski definition) is 1. The number of aliphatic hydroxyl groups excluding tert-OH is 1. The van der Waals surface area contributed by atoms with Crippen molar-refractivity contribution in [2.75, 3.05) is 19.7 Å². The summed E-state index contributed by atoms with van der Waals surface area (Å²) in [6.45, 7) is 5.13. The summed E-state index contributed by atoms with van der Waals surface area (Å²) in [6.07, 6.45) is 1.03. The molecule has 0 aliphatic carbocycles. The molecule has 1 fully saturated rings. The summed E-state index contributed by atoms with van der Waals surface area (Å²) in [6, 6.07) is 6.53. The quantitative estimate of drug-likeness (QED) is 0.901. The van der Waals surface area contributed by atoms with Gasteiger partial charge in [-0.2, -0.15) is 4.31 Å². The van der Waals surface area contributed by atoms with Crippen LogP contribution in [-0.2, 0) is 10.0 Å². The third-order valence-corrected chi connectivity index (χ3v) is 5.87. The summed E-state index contributed by atoms with van der Waals surface area (Å²) in [7, 11) is -3.45. The van der Waals surface area contributed by atoms with Gasteiger partial charge in [0.1, 0.15) is 5.75 Å². The molecule has 1 aliphatic heterocycles. The summed E-state index contributed by atoms with van der Waals surface area (Å²) >= 11 is 0. The molecular weight excluding hydrogens is 290 g/mol. The van der Waals surface area contributed by atoms with Gasteiger partial charge < -0.3 is 9.84 Å². The van der Waals surface area contributed by atoms with Gasteiger partial charge in [0.2, 0.25) is 10.0 Å². The van der Waals surface area contributed by atoms with E-state index in [2.05, 4.69) is 0 Å². The smallest absolute Gasteiger partial charge is 0.243 e. The minimum atomic E-state index is -3.45. The highest BCUT2D eigenvalue weighted by molar-refractivity contribution is 7.89. The Morgan fingerprint density at radius 2 is 1.86 bits per heavy atom. The van der Waals surface area contributed by atoms with Crippen LogP contribution in [-0.4, -0.2) is 43.6 Å². The summed E-state index contributed by atoms with van der Waals surface area (Å²) in [5.74, 6) is 0.862. The van der Waals surface area contributed by atoms with E-state index in [1.165, 1.54) is 4.31 Å². The molecule has 21 heavy (non-hydrogen) atoms. The first kappa shape index (κ1) is 16.3. The summed E-state index contributed by atoms with van der Waals surface area (Å²) in [5.41, 5.74) is 0. The van der Waals surface area contributed by atoms with Crippen LogP contribution < -0.4 is 4.74 Å². The highest BCUT2D eigenvalue weighted by Gasteiger charge is 2.30. The number of hydrogen-bond acceptors (Lipinski definition) is 4. The third-order valence-electron chi connectivity index (χ3n) is 3.95. The maximum atomic E-state index is 12.6. The van der Waals surface area contributed by atoms with Crippen LogP contribution in [0.3, 0.4) is 0 Å². The van der Waals surface area contributed by atoms with E-state index in [4.69, 9.17) is 4.74 Å². The van der Waals surface area contributed by atoms with Crippen LogP contribution in [0.1, 0.15) is 26.7 Å². The van der Waals surface area contributed by atoms with E-state index >= 15 is 0 Å². The van der Waals surface area contributed by atoms with Crippen LogP contribution in [0.5, 0.6) is 5.75 Å². The van der Waals surface area contributed by atoms with Gasteiger partial charge in [0.15, 0.2) is 0 Å². The van der Waals surface area contributed by atoms with Crippen molar-refractivity contribution in [2.24, 2.45) is 5.92 Å². The van der Waals surface area contributed by atoms with Gasteiger partial charge in [0.05, 0.1) is 17.6 Å². The molecule has 1 N–H and O–H groups in total. The molecule has 5 nitrogen and oxygen atoms in total. The number of aliphatic hydroxyl groups is 1. The Morgan fingerprint density at radius 3 is 2.33 bits per heavy atom. The number of nitrogens with zero attached hydrogens (tertiary/aromatic N) is 1. The average Bonchev–Trinajstić information content (AvgIpc) is 2.48. The SMILES string of the molecule is CCOc1ccc(S(=O)(=O)N2CCC(C(C)O)CC2)cc1. The highest BCUT2D eigenvalue weighted by atomic mass is 32.2. The molecule has 0 spiro atoms. The van der Waals surface area contributed by atoms with Crippen molar-refractivity contribution in [2.45, 2.75) is 37.7 Å². The second-order valence-corrected chi connectivity index (χ2v) is 7.32. The maximum Gasteiger partial charge on any atom is 0.243 e. The third kappa shape index (κ3) is 3.75. The van der Waals surface area contributed by atoms with Crippen molar-refractivity contribution < 1.29 is 18.3 Å². The summed E-state index contributed by atoms with van der Waals surface area (Å²) in [5, 5.41) is 9.58. The second kappa shape index (κ2) is 6.77. The predicted octanol–water partition coefficient (Wildman–Crippen LogP) is 1.87. The van der Waals surface area contributed by atoms with Crippen LogP contribution in [0, 0.1) is 5.92 Å². The maximum absolute atomic E-state index is 12.6. The van der Waals surface area contributed by atoms with E-state index < -0.39 is 10.0 Å². The summed E-state index contributed by atoms with van der Waals surface area (Å²) in [4.78, 5) is 0.293. The fraction of sp³-hybridized carbons (Fsp3) is 0.600. The molecule has 1 aliphatic rings. The Hall–Kier alpha value is -1.11. The first-order valence-corrected chi connectivity index (χ1v) is 8.80. The molecule has 0 saturated carbocycles. The van der Waals surface area contributed by atoms with Crippen LogP contribution in [0.15, 0.2) is 29.2 Å². The van der Waals surface area contributed by atoms with Crippen molar-refractivity contribution in [3.05, 3.63) is 24.3 Å². The van der Waals surface area contributed by atoms with Crippen LogP contribution in [0.2, 0.25) is 0 Å². The lowest BCUT2D eigenvalue weighted by Gasteiger charge is -2.32. The van der Waals surface area contributed by atoms with Gasteiger partial charge in [-0.3, -0.25) is 0 Å². The monoisotopic (exact) mass is 313 g/mol. The zero-order valence-electron chi connectivity index (χ0n) is 12.5. The first-order chi connectivity index (χ1) is 9.95. The largest absolute Gasteiger partial charge is 0.494 e. The fourth-order valence-corrected chi connectivity index (χ4v) is 4.09. The van der Waals surface area contributed by atoms with Gasteiger partial charge in [0.25, 0.3) is 0 Å². The van der Waals surface area contributed by atoms with Crippen molar-refractivity contribution in [1.29, 1.82) is 0 Å². The molecule has 1 aromatic carbocycles. The predicted molar refractivity (Wildman–Crippen MR) is 80.8 cm³/mol. The summed E-state index contributed by atoms with van der Waals surface area (Å²) < 4.78 is 31.9. The van der Waals surface area contributed by atoms with Gasteiger partial charge >= 0.3 is 0 Å². The lowest BCUT2D eigenvalue weighted by molar-refractivity contribution is 0.0912. The number of rotatable bonds is 5. The number of ether oxygens (including phenoxy) is 1. The van der Waals surface area contributed by atoms with Gasteiger partial charge in [-0.25, -0.2) is 8.42 Å². The molecule has 1 atom stereocenters. The zero-order chi connectivity index (χ0) is 15.5. The average molecular weight is 313 g/mol. The first-order valence-electron chi connectivity index (χ1n) is 7.36. The normalized spacial score (nSPS) is 19.4. The topological polar surface area (TPSA) is 66.8 Å². The zero-order valence-corrected chi connectivity index (χ0v) is 13.3. The van der Waals surface area contributed by atoms with E-state index in [0.717, 1.165) is 0 Å². The molecule has 1 heterocycles. The lowest BCUT2D eigenvalue weighted by Crippen LogP contribution is -2.40. The Kier molecular flexibility index (Phi) is 5.24. The Labute approximate surface area is 126 Å². The molecule has 0 aromatic heterocycles. The van der Waals surface area contributed by atoms with Gasteiger partial charge in [-0.15, -0.1) is 0 Å². The highest BCUT2D eigenvalue weighted by Crippen LogP contribution is 2.26. The van der Waals surface area contributed by atoms with E-state index in [1.54, 1.807) is 31.2 Å². The van der Waals surface area contributed by atoms with Crippen molar-refractivity contribution >= 4 is 10.0 Å². The molecule has 1 unspecified atom stereocenters. The number of sulfonamides is 1. The Balaban J connectivity index is 2.08. The molecule has 1 aromatic rings. The van der Waals surface area contributed by atoms with Crippen molar-refractivity contribution in [1.82, 2.24) is 4.31 Å². The van der Waals surface area contributed by atoms with Gasteiger partial charge in [-0.1, -0.05) is 0 Å². The molecule has 118 valence electrons. The Morgan fingerprint density at radius 1 is 1.29 bits per heavy atom. The lowest BCUT2D eigenvalue weighted by atomic mass is 9.93. The number of benzene rings is 1. The molecule has 0 radical (unpaired) electrons. The van der Waals surface area contributed by atoms with Crippen LogP contribution in [0.4, 0.5) is 0 Å². The van der Waals surface area contributed by atoms with E-state index in [0.29, 0.717) is 43.2 Å². The number of piperidine rings is 1. The van der Waals surface area contributed by atoms with E-state index in [1.807, 2.05) is 6.92 Å². The molecule has 0 bridgehead atoms. The molecule has 1 saturated heterocycles. The standard InChI is InChI=1S/C15H23NO4S/c1-3-20-14-4-6-15(7-5-14)21(18,19)16-10-8-13(9-11-16)12(2)17/h4-7,12-13,17H,3,8-11H2,1-2H3. The Bertz CT molecular complexity index is 546. The second-order valence-electron chi connectivity index (χ2n) is 5.39. The van der Waals surface area contributed by atoms with E-state index in [-0.39, 0.29) is 12.0 Å². The fourth-order valence-electron chi connectivity index (χ4n) is 2.62. The minimum absolute atomic E-state index is 0.191. The molecule has 0 amide bonds. The van der Waals surface area contributed by atoms with Crippen LogP contribution in [0.25, 0.3) is 0 Å². The molecule has 6 heteroatoms. The van der Waals surface area contributed by atoms with Gasteiger partial charge in [-0.05, 0) is 56.9 Å². The van der Waals surface area contributed by atoms with Gasteiger partial charge in [0, 0.05) is 13.1 Å².